The lowest BCUT2D eigenvalue weighted by molar-refractivity contribution is -0.169. The van der Waals surface area contributed by atoms with Gasteiger partial charge in [-0.05, 0) is 36.7 Å². The first-order chi connectivity index (χ1) is 8.46. The number of carbonyl (C=O) groups is 2. The fraction of sp³-hybridized carbons (Fsp3) is 0.545. The molecule has 100 valence electrons. The average Bonchev–Trinajstić information content (AvgIpc) is 2.75. The zero-order chi connectivity index (χ0) is 13.8. The van der Waals surface area contributed by atoms with Gasteiger partial charge in [-0.15, -0.1) is 0 Å². The van der Waals surface area contributed by atoms with Crippen LogP contribution in [0.1, 0.15) is 20.8 Å². The van der Waals surface area contributed by atoms with E-state index in [1.165, 1.54) is 24.0 Å². The van der Waals surface area contributed by atoms with Crippen molar-refractivity contribution in [2.24, 2.45) is 0 Å². The molecule has 0 atom stereocenters. The van der Waals surface area contributed by atoms with Crippen LogP contribution < -0.4 is 0 Å². The molecule has 7 heteroatoms. The molecule has 1 rings (SSSR count). The maximum absolute atomic E-state index is 12.0. The van der Waals surface area contributed by atoms with Crippen LogP contribution in [0.25, 0.3) is 0 Å². The number of halogens is 1. The standard InChI is InChI=1S/C11H15BrN2O4/c1-4-17-9(15)11(3,10(16)18-5-2)14-7-8(12)6-13-14/h6-7H,4-5H2,1-3H3. The topological polar surface area (TPSA) is 70.4 Å². The van der Waals surface area contributed by atoms with Crippen molar-refractivity contribution in [1.29, 1.82) is 0 Å². The molecule has 0 aliphatic rings. The predicted octanol–water partition coefficient (Wildman–Crippen LogP) is 1.49. The highest BCUT2D eigenvalue weighted by atomic mass is 79.9. The normalized spacial score (nSPS) is 11.1. The summed E-state index contributed by atoms with van der Waals surface area (Å²) in [6, 6.07) is 0. The molecule has 1 aromatic rings. The Labute approximate surface area is 113 Å². The third-order valence-electron chi connectivity index (χ3n) is 2.36. The third kappa shape index (κ3) is 2.72. The first-order valence-corrected chi connectivity index (χ1v) is 6.31. The molecule has 0 saturated heterocycles. The highest BCUT2D eigenvalue weighted by Crippen LogP contribution is 2.22. The number of hydrogen-bond acceptors (Lipinski definition) is 5. The molecule has 0 aliphatic carbocycles. The van der Waals surface area contributed by atoms with E-state index in [0.717, 1.165) is 0 Å². The minimum atomic E-state index is -1.61. The molecule has 0 bridgehead atoms. The van der Waals surface area contributed by atoms with Gasteiger partial charge in [0.1, 0.15) is 0 Å². The van der Waals surface area contributed by atoms with Crippen LogP contribution in [-0.4, -0.2) is 34.9 Å². The van der Waals surface area contributed by atoms with Crippen LogP contribution in [-0.2, 0) is 24.6 Å². The van der Waals surface area contributed by atoms with E-state index in [1.807, 2.05) is 0 Å². The number of ether oxygens (including phenoxy) is 2. The van der Waals surface area contributed by atoms with Crippen molar-refractivity contribution in [1.82, 2.24) is 9.78 Å². The number of nitrogens with zero attached hydrogens (tertiary/aromatic N) is 2. The second-order valence-corrected chi connectivity index (χ2v) is 4.53. The molecule has 0 aliphatic heterocycles. The van der Waals surface area contributed by atoms with Crippen molar-refractivity contribution in [2.45, 2.75) is 26.3 Å². The van der Waals surface area contributed by atoms with Crippen LogP contribution in [0.5, 0.6) is 0 Å². The SMILES string of the molecule is CCOC(=O)C(C)(C(=O)OCC)n1cc(Br)cn1. The summed E-state index contributed by atoms with van der Waals surface area (Å²) in [5.41, 5.74) is -1.61. The second kappa shape index (κ2) is 5.99. The molecule has 0 N–H and O–H groups in total. The van der Waals surface area contributed by atoms with E-state index in [-0.39, 0.29) is 13.2 Å². The van der Waals surface area contributed by atoms with Gasteiger partial charge < -0.3 is 9.47 Å². The molecular weight excluding hydrogens is 304 g/mol. The van der Waals surface area contributed by atoms with Gasteiger partial charge in [0.05, 0.1) is 23.9 Å². The van der Waals surface area contributed by atoms with Crippen LogP contribution in [0.3, 0.4) is 0 Å². The van der Waals surface area contributed by atoms with Gasteiger partial charge in [-0.3, -0.25) is 0 Å². The van der Waals surface area contributed by atoms with Crippen molar-refractivity contribution in [2.75, 3.05) is 13.2 Å². The van der Waals surface area contributed by atoms with Crippen molar-refractivity contribution >= 4 is 27.9 Å². The van der Waals surface area contributed by atoms with E-state index in [4.69, 9.17) is 9.47 Å². The summed E-state index contributed by atoms with van der Waals surface area (Å²) in [4.78, 5) is 24.0. The Morgan fingerprint density at radius 2 is 1.83 bits per heavy atom. The summed E-state index contributed by atoms with van der Waals surface area (Å²) in [6.45, 7) is 5.11. The number of esters is 2. The molecule has 18 heavy (non-hydrogen) atoms. The van der Waals surface area contributed by atoms with Crippen LogP contribution in [0.4, 0.5) is 0 Å². The van der Waals surface area contributed by atoms with E-state index in [9.17, 15) is 9.59 Å². The predicted molar refractivity (Wildman–Crippen MR) is 66.8 cm³/mol. The van der Waals surface area contributed by atoms with Crippen molar-refractivity contribution < 1.29 is 19.1 Å². The summed E-state index contributed by atoms with van der Waals surface area (Å²) < 4.78 is 11.7. The molecule has 0 saturated carbocycles. The maximum atomic E-state index is 12.0. The van der Waals surface area contributed by atoms with E-state index >= 15 is 0 Å². The van der Waals surface area contributed by atoms with E-state index < -0.39 is 17.5 Å². The Morgan fingerprint density at radius 1 is 1.33 bits per heavy atom. The molecule has 1 aromatic heterocycles. The summed E-state index contributed by atoms with van der Waals surface area (Å²) in [7, 11) is 0. The second-order valence-electron chi connectivity index (χ2n) is 3.62. The lowest BCUT2D eigenvalue weighted by Gasteiger charge is -2.25. The minimum Gasteiger partial charge on any atom is -0.464 e. The third-order valence-corrected chi connectivity index (χ3v) is 2.76. The molecule has 1 heterocycles. The number of aromatic nitrogens is 2. The molecule has 0 fully saturated rings. The Bertz CT molecular complexity index is 426. The smallest absolute Gasteiger partial charge is 0.345 e. The molecule has 0 spiro atoms. The van der Waals surface area contributed by atoms with Crippen molar-refractivity contribution in [3.8, 4) is 0 Å². The van der Waals surface area contributed by atoms with Crippen LogP contribution >= 0.6 is 15.9 Å². The van der Waals surface area contributed by atoms with Crippen LogP contribution in [0.15, 0.2) is 16.9 Å². The monoisotopic (exact) mass is 318 g/mol. The zero-order valence-electron chi connectivity index (χ0n) is 10.5. The van der Waals surface area contributed by atoms with Gasteiger partial charge in [-0.1, -0.05) is 0 Å². The molecule has 6 nitrogen and oxygen atoms in total. The van der Waals surface area contributed by atoms with Crippen molar-refractivity contribution in [3.05, 3.63) is 16.9 Å². The van der Waals surface area contributed by atoms with E-state index in [1.54, 1.807) is 13.8 Å². The largest absolute Gasteiger partial charge is 0.464 e. The van der Waals surface area contributed by atoms with Crippen LogP contribution in [0.2, 0.25) is 0 Å². The molecule has 0 radical (unpaired) electrons. The first kappa shape index (κ1) is 14.7. The number of carbonyl (C=O) groups excluding carboxylic acids is 2. The van der Waals surface area contributed by atoms with Gasteiger partial charge in [-0.25, -0.2) is 14.3 Å². The average molecular weight is 319 g/mol. The summed E-state index contributed by atoms with van der Waals surface area (Å²) in [5.74, 6) is -1.39. The van der Waals surface area contributed by atoms with Crippen molar-refractivity contribution in [3.63, 3.8) is 0 Å². The fourth-order valence-electron chi connectivity index (χ4n) is 1.36. The molecule has 0 amide bonds. The molecule has 0 unspecified atom stereocenters. The number of hydrogen-bond donors (Lipinski definition) is 0. The van der Waals surface area contributed by atoms with Gasteiger partial charge in [0.25, 0.3) is 5.54 Å². The summed E-state index contributed by atoms with van der Waals surface area (Å²) in [6.07, 6.45) is 3.00. The van der Waals surface area contributed by atoms with Gasteiger partial charge in [0.2, 0.25) is 0 Å². The molecule has 0 aromatic carbocycles. The Morgan fingerprint density at radius 3 is 2.17 bits per heavy atom. The molecular formula is C11H15BrN2O4. The van der Waals surface area contributed by atoms with Gasteiger partial charge in [-0.2, -0.15) is 5.10 Å². The fourth-order valence-corrected chi connectivity index (χ4v) is 1.64. The Balaban J connectivity index is 3.16. The highest BCUT2D eigenvalue weighted by Gasteiger charge is 2.47. The minimum absolute atomic E-state index is 0.177. The van der Waals surface area contributed by atoms with Gasteiger partial charge in [0.15, 0.2) is 0 Å². The van der Waals surface area contributed by atoms with Crippen LogP contribution in [0, 0.1) is 0 Å². The van der Waals surface area contributed by atoms with E-state index in [2.05, 4.69) is 21.0 Å². The Kier molecular flexibility index (Phi) is 4.89. The summed E-state index contributed by atoms with van der Waals surface area (Å²) >= 11 is 3.21. The Hall–Kier alpha value is -1.37. The van der Waals surface area contributed by atoms with E-state index in [0.29, 0.717) is 4.47 Å². The first-order valence-electron chi connectivity index (χ1n) is 5.51. The maximum Gasteiger partial charge on any atom is 0.345 e. The summed E-state index contributed by atoms with van der Waals surface area (Å²) in [5, 5.41) is 3.96. The lowest BCUT2D eigenvalue weighted by Crippen LogP contribution is -2.49. The van der Waals surface area contributed by atoms with Gasteiger partial charge >= 0.3 is 11.9 Å². The quantitative estimate of drug-likeness (QED) is 0.607. The van der Waals surface area contributed by atoms with Gasteiger partial charge in [0, 0.05) is 6.20 Å². The number of rotatable bonds is 5. The highest BCUT2D eigenvalue weighted by molar-refractivity contribution is 9.10. The zero-order valence-corrected chi connectivity index (χ0v) is 12.1. The lowest BCUT2D eigenvalue weighted by atomic mass is 10.0.